The third kappa shape index (κ3) is 2.23. The minimum Gasteiger partial charge on any atom is -0.493 e. The Hall–Kier alpha value is -1.22. The average molecular weight is 209 g/mol. The van der Waals surface area contributed by atoms with Gasteiger partial charge < -0.3 is 15.2 Å². The molecule has 0 heterocycles. The van der Waals surface area contributed by atoms with Crippen LogP contribution in [0.3, 0.4) is 0 Å². The molecule has 3 heteroatoms. The third-order valence-electron chi connectivity index (χ3n) is 2.41. The number of hydrogen-bond donors (Lipinski definition) is 1. The standard InChI is InChI=1S/C12H19NO2/c1-8-6-7-9(12(2,3)13)11(15-5)10(8)14-4/h6-7H,13H2,1-5H3. The molecule has 15 heavy (non-hydrogen) atoms. The van der Waals surface area contributed by atoms with E-state index in [9.17, 15) is 0 Å². The van der Waals surface area contributed by atoms with Crippen LogP contribution in [0.5, 0.6) is 11.5 Å². The van der Waals surface area contributed by atoms with Gasteiger partial charge in [0.25, 0.3) is 0 Å². The zero-order valence-electron chi connectivity index (χ0n) is 10.0. The summed E-state index contributed by atoms with van der Waals surface area (Å²) < 4.78 is 10.7. The zero-order valence-corrected chi connectivity index (χ0v) is 10.0. The molecule has 0 saturated heterocycles. The summed E-state index contributed by atoms with van der Waals surface area (Å²) in [6.07, 6.45) is 0. The maximum Gasteiger partial charge on any atom is 0.166 e. The molecule has 0 amide bonds. The molecular formula is C12H19NO2. The Morgan fingerprint density at radius 3 is 2.00 bits per heavy atom. The second-order valence-corrected chi connectivity index (χ2v) is 4.22. The summed E-state index contributed by atoms with van der Waals surface area (Å²) in [7, 11) is 3.27. The average Bonchev–Trinajstić information content (AvgIpc) is 2.15. The molecule has 0 fully saturated rings. The van der Waals surface area contributed by atoms with Crippen molar-refractivity contribution in [2.24, 2.45) is 5.73 Å². The monoisotopic (exact) mass is 209 g/mol. The maximum atomic E-state index is 6.07. The molecule has 0 spiro atoms. The Kier molecular flexibility index (Phi) is 3.25. The fraction of sp³-hybridized carbons (Fsp3) is 0.500. The first-order chi connectivity index (χ1) is 6.91. The van der Waals surface area contributed by atoms with E-state index in [4.69, 9.17) is 15.2 Å². The van der Waals surface area contributed by atoms with E-state index in [-0.39, 0.29) is 0 Å². The lowest BCUT2D eigenvalue weighted by Crippen LogP contribution is -2.29. The van der Waals surface area contributed by atoms with Gasteiger partial charge in [-0.2, -0.15) is 0 Å². The normalized spacial score (nSPS) is 11.3. The van der Waals surface area contributed by atoms with Gasteiger partial charge in [-0.25, -0.2) is 0 Å². The highest BCUT2D eigenvalue weighted by atomic mass is 16.5. The molecule has 0 saturated carbocycles. The summed E-state index contributed by atoms with van der Waals surface area (Å²) in [5.41, 5.74) is 7.63. The Morgan fingerprint density at radius 1 is 1.07 bits per heavy atom. The number of hydrogen-bond acceptors (Lipinski definition) is 3. The number of benzene rings is 1. The quantitative estimate of drug-likeness (QED) is 0.830. The molecule has 0 aromatic heterocycles. The molecule has 1 aromatic carbocycles. The van der Waals surface area contributed by atoms with Crippen LogP contribution >= 0.6 is 0 Å². The van der Waals surface area contributed by atoms with Crippen LogP contribution < -0.4 is 15.2 Å². The molecule has 84 valence electrons. The molecule has 2 N–H and O–H groups in total. The van der Waals surface area contributed by atoms with Crippen molar-refractivity contribution in [3.05, 3.63) is 23.3 Å². The van der Waals surface area contributed by atoms with Crippen LogP contribution in [0, 0.1) is 6.92 Å². The molecule has 0 unspecified atom stereocenters. The number of methoxy groups -OCH3 is 2. The van der Waals surface area contributed by atoms with Crippen molar-refractivity contribution in [2.75, 3.05) is 14.2 Å². The van der Waals surface area contributed by atoms with E-state index in [0.717, 1.165) is 22.6 Å². The van der Waals surface area contributed by atoms with Gasteiger partial charge >= 0.3 is 0 Å². The lowest BCUT2D eigenvalue weighted by atomic mass is 9.93. The fourth-order valence-corrected chi connectivity index (χ4v) is 1.62. The predicted octanol–water partition coefficient (Wildman–Crippen LogP) is 2.21. The first-order valence-electron chi connectivity index (χ1n) is 4.92. The van der Waals surface area contributed by atoms with Gasteiger partial charge in [0.15, 0.2) is 11.5 Å². The molecule has 1 rings (SSSR count). The third-order valence-corrected chi connectivity index (χ3v) is 2.41. The molecule has 0 aliphatic rings. The fourth-order valence-electron chi connectivity index (χ4n) is 1.62. The molecule has 0 aliphatic carbocycles. The number of rotatable bonds is 3. The second kappa shape index (κ2) is 4.11. The predicted molar refractivity (Wildman–Crippen MR) is 61.5 cm³/mol. The van der Waals surface area contributed by atoms with Crippen molar-refractivity contribution >= 4 is 0 Å². The molecule has 0 atom stereocenters. The number of aryl methyl sites for hydroxylation is 1. The highest BCUT2D eigenvalue weighted by Crippen LogP contribution is 2.38. The van der Waals surface area contributed by atoms with Gasteiger partial charge in [-0.1, -0.05) is 12.1 Å². The van der Waals surface area contributed by atoms with Gasteiger partial charge in [-0.05, 0) is 26.3 Å². The lowest BCUT2D eigenvalue weighted by Gasteiger charge is -2.24. The minimum atomic E-state index is -0.438. The second-order valence-electron chi connectivity index (χ2n) is 4.22. The van der Waals surface area contributed by atoms with E-state index in [1.807, 2.05) is 32.9 Å². The Bertz CT molecular complexity index is 353. The van der Waals surface area contributed by atoms with Gasteiger partial charge in [0.05, 0.1) is 14.2 Å². The van der Waals surface area contributed by atoms with E-state index in [1.165, 1.54) is 0 Å². The van der Waals surface area contributed by atoms with Crippen molar-refractivity contribution in [2.45, 2.75) is 26.3 Å². The topological polar surface area (TPSA) is 44.5 Å². The zero-order chi connectivity index (χ0) is 11.6. The Labute approximate surface area is 91.2 Å². The van der Waals surface area contributed by atoms with Gasteiger partial charge in [0.1, 0.15) is 0 Å². The molecule has 3 nitrogen and oxygen atoms in total. The minimum absolute atomic E-state index is 0.438. The van der Waals surface area contributed by atoms with E-state index in [2.05, 4.69) is 0 Å². The number of nitrogens with two attached hydrogens (primary N) is 1. The first kappa shape index (κ1) is 11.9. The molecule has 1 aromatic rings. The van der Waals surface area contributed by atoms with Gasteiger partial charge in [0, 0.05) is 11.1 Å². The van der Waals surface area contributed by atoms with Gasteiger partial charge in [-0.15, -0.1) is 0 Å². The van der Waals surface area contributed by atoms with E-state index in [0.29, 0.717) is 0 Å². The summed E-state index contributed by atoms with van der Waals surface area (Å²) in [5.74, 6) is 1.48. The summed E-state index contributed by atoms with van der Waals surface area (Å²) in [6.45, 7) is 5.87. The van der Waals surface area contributed by atoms with E-state index in [1.54, 1.807) is 14.2 Å². The van der Waals surface area contributed by atoms with Gasteiger partial charge in [-0.3, -0.25) is 0 Å². The van der Waals surface area contributed by atoms with E-state index < -0.39 is 5.54 Å². The molecule has 0 bridgehead atoms. The number of ether oxygens (including phenoxy) is 2. The van der Waals surface area contributed by atoms with Crippen LogP contribution in [0.15, 0.2) is 12.1 Å². The summed E-state index contributed by atoms with van der Waals surface area (Å²) in [4.78, 5) is 0. The highest BCUT2D eigenvalue weighted by Gasteiger charge is 2.22. The van der Waals surface area contributed by atoms with Crippen molar-refractivity contribution in [1.29, 1.82) is 0 Å². The largest absolute Gasteiger partial charge is 0.493 e. The summed E-state index contributed by atoms with van der Waals surface area (Å²) in [6, 6.07) is 3.97. The van der Waals surface area contributed by atoms with Crippen molar-refractivity contribution in [3.63, 3.8) is 0 Å². The molecule has 0 radical (unpaired) electrons. The van der Waals surface area contributed by atoms with Crippen LogP contribution in [-0.4, -0.2) is 14.2 Å². The molecular weight excluding hydrogens is 190 g/mol. The van der Waals surface area contributed by atoms with Crippen LogP contribution in [0.1, 0.15) is 25.0 Å². The summed E-state index contributed by atoms with van der Waals surface area (Å²) in [5, 5.41) is 0. The lowest BCUT2D eigenvalue weighted by molar-refractivity contribution is 0.342. The van der Waals surface area contributed by atoms with Crippen LogP contribution in [0.2, 0.25) is 0 Å². The smallest absolute Gasteiger partial charge is 0.166 e. The van der Waals surface area contributed by atoms with Crippen molar-refractivity contribution < 1.29 is 9.47 Å². The van der Waals surface area contributed by atoms with Gasteiger partial charge in [0.2, 0.25) is 0 Å². The Balaban J connectivity index is 3.42. The SMILES string of the molecule is COc1c(C)ccc(C(C)(C)N)c1OC. The van der Waals surface area contributed by atoms with Crippen molar-refractivity contribution in [1.82, 2.24) is 0 Å². The van der Waals surface area contributed by atoms with Crippen LogP contribution in [-0.2, 0) is 5.54 Å². The highest BCUT2D eigenvalue weighted by molar-refractivity contribution is 5.53. The first-order valence-corrected chi connectivity index (χ1v) is 4.92. The summed E-state index contributed by atoms with van der Waals surface area (Å²) >= 11 is 0. The molecule has 0 aliphatic heterocycles. The maximum absolute atomic E-state index is 6.07. The Morgan fingerprint density at radius 2 is 1.60 bits per heavy atom. The van der Waals surface area contributed by atoms with E-state index >= 15 is 0 Å². The van der Waals surface area contributed by atoms with Crippen LogP contribution in [0.4, 0.5) is 0 Å². The van der Waals surface area contributed by atoms with Crippen LogP contribution in [0.25, 0.3) is 0 Å². The van der Waals surface area contributed by atoms with Crippen molar-refractivity contribution in [3.8, 4) is 11.5 Å².